The Balaban J connectivity index is 2.22. The van der Waals surface area contributed by atoms with E-state index in [-0.39, 0.29) is 0 Å². The molecule has 0 N–H and O–H groups in total. The largest absolute Gasteiger partial charge is 0.362 e. The van der Waals surface area contributed by atoms with E-state index in [1.165, 1.54) is 11.1 Å². The van der Waals surface area contributed by atoms with Crippen LogP contribution in [0.5, 0.6) is 0 Å². The Labute approximate surface area is 130 Å². The number of rotatable bonds is 1. The lowest BCUT2D eigenvalue weighted by Gasteiger charge is -2.23. The van der Waals surface area contributed by atoms with Crippen molar-refractivity contribution in [2.45, 2.75) is 19.3 Å². The highest BCUT2D eigenvalue weighted by Gasteiger charge is 2.26. The minimum Gasteiger partial charge on any atom is -0.362 e. The fraction of sp³-hybridized carbons (Fsp3) is 0.375. The number of nitrogens with zero attached hydrogens (tertiary/aromatic N) is 4. The standard InChI is InChI=1S/C16H19ClN4/c1-10-7-13-15(20(2)3)18-9-19-16(13)21(4)14-6-5-11(17)8-12(10)14/h5-6,8-10H,7H2,1-4H3. The average Bonchev–Trinajstić information content (AvgIpc) is 2.55. The molecule has 0 bridgehead atoms. The lowest BCUT2D eigenvalue weighted by Crippen LogP contribution is -2.18. The first-order chi connectivity index (χ1) is 9.99. The second-order valence-corrected chi connectivity index (χ2v) is 6.20. The number of aromatic nitrogens is 2. The van der Waals surface area contributed by atoms with Gasteiger partial charge in [0.15, 0.2) is 0 Å². The molecule has 0 fully saturated rings. The van der Waals surface area contributed by atoms with Gasteiger partial charge in [0.25, 0.3) is 0 Å². The van der Waals surface area contributed by atoms with E-state index in [1.807, 2.05) is 25.1 Å². The maximum absolute atomic E-state index is 6.18. The molecule has 110 valence electrons. The van der Waals surface area contributed by atoms with Crippen molar-refractivity contribution < 1.29 is 0 Å². The normalized spacial score (nSPS) is 17.0. The van der Waals surface area contributed by atoms with Crippen LogP contribution in [-0.4, -0.2) is 31.1 Å². The van der Waals surface area contributed by atoms with Gasteiger partial charge < -0.3 is 9.80 Å². The lowest BCUT2D eigenvalue weighted by molar-refractivity contribution is 0.761. The predicted octanol–water partition coefficient (Wildman–Crippen LogP) is 3.62. The van der Waals surface area contributed by atoms with Gasteiger partial charge in [0, 0.05) is 37.4 Å². The van der Waals surface area contributed by atoms with E-state index in [2.05, 4.69) is 41.0 Å². The van der Waals surface area contributed by atoms with Gasteiger partial charge in [-0.15, -0.1) is 0 Å². The van der Waals surface area contributed by atoms with E-state index in [9.17, 15) is 0 Å². The topological polar surface area (TPSA) is 32.3 Å². The second kappa shape index (κ2) is 5.19. The van der Waals surface area contributed by atoms with Crippen LogP contribution in [0.25, 0.3) is 0 Å². The third-order valence-corrected chi connectivity index (χ3v) is 4.27. The Morgan fingerprint density at radius 2 is 2.05 bits per heavy atom. The van der Waals surface area contributed by atoms with Gasteiger partial charge in [-0.1, -0.05) is 18.5 Å². The van der Waals surface area contributed by atoms with Crippen LogP contribution in [0, 0.1) is 0 Å². The summed E-state index contributed by atoms with van der Waals surface area (Å²) < 4.78 is 0. The van der Waals surface area contributed by atoms with Crippen molar-refractivity contribution in [3.8, 4) is 0 Å². The summed E-state index contributed by atoms with van der Waals surface area (Å²) >= 11 is 6.18. The maximum Gasteiger partial charge on any atom is 0.141 e. The van der Waals surface area contributed by atoms with E-state index < -0.39 is 0 Å². The van der Waals surface area contributed by atoms with Crippen molar-refractivity contribution in [3.05, 3.63) is 40.7 Å². The van der Waals surface area contributed by atoms with E-state index >= 15 is 0 Å². The number of halogens is 1. The van der Waals surface area contributed by atoms with Crippen molar-refractivity contribution in [2.75, 3.05) is 30.9 Å². The summed E-state index contributed by atoms with van der Waals surface area (Å²) in [6.45, 7) is 2.23. The summed E-state index contributed by atoms with van der Waals surface area (Å²) in [5.74, 6) is 2.33. The fourth-order valence-electron chi connectivity index (χ4n) is 3.01. The Morgan fingerprint density at radius 3 is 2.76 bits per heavy atom. The van der Waals surface area contributed by atoms with Gasteiger partial charge in [0.2, 0.25) is 0 Å². The molecule has 3 rings (SSSR count). The molecule has 1 aromatic heterocycles. The Hall–Kier alpha value is -1.81. The lowest BCUT2D eigenvalue weighted by atomic mass is 9.94. The molecule has 21 heavy (non-hydrogen) atoms. The molecule has 0 saturated carbocycles. The molecule has 0 aliphatic carbocycles. The van der Waals surface area contributed by atoms with E-state index in [1.54, 1.807) is 6.33 Å². The highest BCUT2D eigenvalue weighted by molar-refractivity contribution is 6.30. The molecule has 1 aliphatic heterocycles. The van der Waals surface area contributed by atoms with Gasteiger partial charge in [-0.25, -0.2) is 9.97 Å². The zero-order valence-corrected chi connectivity index (χ0v) is 13.5. The molecule has 5 heteroatoms. The predicted molar refractivity (Wildman–Crippen MR) is 88.0 cm³/mol. The molecule has 0 amide bonds. The Kier molecular flexibility index (Phi) is 3.49. The van der Waals surface area contributed by atoms with Gasteiger partial charge in [-0.2, -0.15) is 0 Å². The number of anilines is 3. The summed E-state index contributed by atoms with van der Waals surface area (Å²) in [5.41, 5.74) is 3.60. The van der Waals surface area contributed by atoms with Crippen molar-refractivity contribution in [1.82, 2.24) is 9.97 Å². The minimum atomic E-state index is 0.368. The summed E-state index contributed by atoms with van der Waals surface area (Å²) in [7, 11) is 6.08. The number of fused-ring (bicyclic) bond motifs is 2. The third-order valence-electron chi connectivity index (χ3n) is 4.03. The first-order valence-corrected chi connectivity index (χ1v) is 7.41. The van der Waals surface area contributed by atoms with E-state index in [0.717, 1.165) is 28.8 Å². The van der Waals surface area contributed by atoms with Gasteiger partial charge in [-0.05, 0) is 36.1 Å². The highest BCUT2D eigenvalue weighted by Crippen LogP contribution is 2.41. The highest BCUT2D eigenvalue weighted by atomic mass is 35.5. The molecular formula is C16H19ClN4. The fourth-order valence-corrected chi connectivity index (χ4v) is 3.19. The molecule has 4 nitrogen and oxygen atoms in total. The molecule has 1 aromatic carbocycles. The minimum absolute atomic E-state index is 0.368. The Bertz CT molecular complexity index is 684. The summed E-state index contributed by atoms with van der Waals surface area (Å²) in [6.07, 6.45) is 2.54. The van der Waals surface area contributed by atoms with Crippen LogP contribution in [0.2, 0.25) is 5.02 Å². The van der Waals surface area contributed by atoms with Crippen LogP contribution in [0.1, 0.15) is 24.0 Å². The number of hydrogen-bond acceptors (Lipinski definition) is 4. The molecule has 0 radical (unpaired) electrons. The van der Waals surface area contributed by atoms with Crippen LogP contribution in [0.3, 0.4) is 0 Å². The Morgan fingerprint density at radius 1 is 1.29 bits per heavy atom. The van der Waals surface area contributed by atoms with Gasteiger partial charge >= 0.3 is 0 Å². The van der Waals surface area contributed by atoms with Crippen molar-refractivity contribution >= 4 is 28.9 Å². The van der Waals surface area contributed by atoms with E-state index in [4.69, 9.17) is 11.6 Å². The first kappa shape index (κ1) is 14.1. The third kappa shape index (κ3) is 2.33. The van der Waals surface area contributed by atoms with Crippen LogP contribution in [0.15, 0.2) is 24.5 Å². The molecular weight excluding hydrogens is 284 g/mol. The molecule has 0 saturated heterocycles. The summed E-state index contributed by atoms with van der Waals surface area (Å²) in [4.78, 5) is 13.1. The average molecular weight is 303 g/mol. The summed E-state index contributed by atoms with van der Waals surface area (Å²) in [6, 6.07) is 6.07. The quantitative estimate of drug-likeness (QED) is 0.805. The van der Waals surface area contributed by atoms with Gasteiger partial charge in [0.1, 0.15) is 18.0 Å². The molecule has 2 aromatic rings. The summed E-state index contributed by atoms with van der Waals surface area (Å²) in [5, 5.41) is 0.777. The molecule has 1 atom stereocenters. The molecule has 1 aliphatic rings. The van der Waals surface area contributed by atoms with Gasteiger partial charge in [0.05, 0.1) is 0 Å². The van der Waals surface area contributed by atoms with Gasteiger partial charge in [-0.3, -0.25) is 0 Å². The van der Waals surface area contributed by atoms with Crippen LogP contribution >= 0.6 is 11.6 Å². The number of hydrogen-bond donors (Lipinski definition) is 0. The molecule has 0 spiro atoms. The molecule has 2 heterocycles. The van der Waals surface area contributed by atoms with Crippen molar-refractivity contribution in [1.29, 1.82) is 0 Å². The van der Waals surface area contributed by atoms with Crippen molar-refractivity contribution in [2.24, 2.45) is 0 Å². The van der Waals surface area contributed by atoms with Crippen LogP contribution in [-0.2, 0) is 6.42 Å². The van der Waals surface area contributed by atoms with E-state index in [0.29, 0.717) is 5.92 Å². The molecule has 1 unspecified atom stereocenters. The smallest absolute Gasteiger partial charge is 0.141 e. The monoisotopic (exact) mass is 302 g/mol. The zero-order chi connectivity index (χ0) is 15.1. The zero-order valence-electron chi connectivity index (χ0n) is 12.8. The maximum atomic E-state index is 6.18. The van der Waals surface area contributed by atoms with Crippen molar-refractivity contribution in [3.63, 3.8) is 0 Å². The van der Waals surface area contributed by atoms with Crippen LogP contribution in [0.4, 0.5) is 17.3 Å². The number of benzene rings is 1. The SMILES string of the molecule is CC1Cc2c(N(C)C)ncnc2N(C)c2ccc(Cl)cc21. The second-order valence-electron chi connectivity index (χ2n) is 5.76. The first-order valence-electron chi connectivity index (χ1n) is 7.03. The van der Waals surface area contributed by atoms with Crippen LogP contribution < -0.4 is 9.80 Å².